The maximum absolute atomic E-state index is 11.7. The second-order valence-corrected chi connectivity index (χ2v) is 5.66. The molecule has 1 aliphatic heterocycles. The van der Waals surface area contributed by atoms with Gasteiger partial charge in [-0.25, -0.2) is 0 Å². The summed E-state index contributed by atoms with van der Waals surface area (Å²) in [5.74, 6) is 1.80. The molecule has 18 heavy (non-hydrogen) atoms. The van der Waals surface area contributed by atoms with Crippen molar-refractivity contribution in [3.05, 3.63) is 28.8 Å². The Balaban J connectivity index is 1.89. The zero-order valence-corrected chi connectivity index (χ0v) is 11.0. The molecule has 1 heterocycles. The molecule has 3 rings (SSSR count). The third-order valence-corrected chi connectivity index (χ3v) is 4.36. The highest BCUT2D eigenvalue weighted by molar-refractivity contribution is 6.02. The Labute approximate surface area is 108 Å². The summed E-state index contributed by atoms with van der Waals surface area (Å²) >= 11 is 0. The number of aryl methyl sites for hydroxylation is 1. The fraction of sp³-hybridized carbons (Fsp3) is 0.562. The number of benzene rings is 1. The number of hydrogen-bond acceptors (Lipinski definition) is 2. The minimum absolute atomic E-state index is 0.134. The lowest BCUT2D eigenvalue weighted by Gasteiger charge is -2.23. The Morgan fingerprint density at radius 1 is 1.22 bits per heavy atom. The molecule has 0 unspecified atom stereocenters. The van der Waals surface area contributed by atoms with Gasteiger partial charge in [-0.2, -0.15) is 0 Å². The average molecular weight is 244 g/mol. The number of ether oxygens (including phenoxy) is 1. The van der Waals surface area contributed by atoms with E-state index in [9.17, 15) is 4.79 Å². The first kappa shape index (κ1) is 11.8. The minimum atomic E-state index is 0.134. The Morgan fingerprint density at radius 2 is 2.00 bits per heavy atom. The van der Waals surface area contributed by atoms with Crippen LogP contribution in [0.1, 0.15) is 53.6 Å². The lowest BCUT2D eigenvalue weighted by atomic mass is 9.83. The first-order valence-electron chi connectivity index (χ1n) is 7.04. The fourth-order valence-corrected chi connectivity index (χ4v) is 3.26. The highest BCUT2D eigenvalue weighted by Gasteiger charge is 2.26. The molecule has 1 fully saturated rings. The minimum Gasteiger partial charge on any atom is -0.484 e. The van der Waals surface area contributed by atoms with Crippen molar-refractivity contribution in [3.63, 3.8) is 0 Å². The molecule has 0 saturated heterocycles. The Bertz CT molecular complexity index is 470. The van der Waals surface area contributed by atoms with Crippen LogP contribution in [-0.2, 0) is 6.42 Å². The molecule has 0 bridgehead atoms. The second kappa shape index (κ2) is 4.75. The van der Waals surface area contributed by atoms with E-state index in [4.69, 9.17) is 4.74 Å². The first-order chi connectivity index (χ1) is 8.75. The van der Waals surface area contributed by atoms with Gasteiger partial charge in [-0.1, -0.05) is 38.2 Å². The summed E-state index contributed by atoms with van der Waals surface area (Å²) < 4.78 is 5.61. The molecule has 2 nitrogen and oxygen atoms in total. The molecule has 0 atom stereocenters. The topological polar surface area (TPSA) is 26.3 Å². The van der Waals surface area contributed by atoms with E-state index >= 15 is 0 Å². The van der Waals surface area contributed by atoms with Gasteiger partial charge in [-0.3, -0.25) is 4.79 Å². The summed E-state index contributed by atoms with van der Waals surface area (Å²) in [4.78, 5) is 11.7. The van der Waals surface area contributed by atoms with E-state index in [-0.39, 0.29) is 12.4 Å². The van der Waals surface area contributed by atoms with Crippen molar-refractivity contribution in [2.24, 2.45) is 5.92 Å². The summed E-state index contributed by atoms with van der Waals surface area (Å²) in [6, 6.07) is 3.99. The van der Waals surface area contributed by atoms with Gasteiger partial charge in [0.1, 0.15) is 5.75 Å². The van der Waals surface area contributed by atoms with Crippen LogP contribution in [0.3, 0.4) is 0 Å². The summed E-state index contributed by atoms with van der Waals surface area (Å²) in [5.41, 5.74) is 3.35. The van der Waals surface area contributed by atoms with Crippen LogP contribution >= 0.6 is 0 Å². The zero-order valence-electron chi connectivity index (χ0n) is 11.0. The molecule has 2 heteroatoms. The normalized spacial score (nSPS) is 19.7. The van der Waals surface area contributed by atoms with Crippen LogP contribution in [0, 0.1) is 12.8 Å². The van der Waals surface area contributed by atoms with Crippen LogP contribution in [0.25, 0.3) is 0 Å². The van der Waals surface area contributed by atoms with Crippen molar-refractivity contribution in [1.82, 2.24) is 0 Å². The van der Waals surface area contributed by atoms with Crippen molar-refractivity contribution >= 4 is 5.78 Å². The maximum atomic E-state index is 11.7. The molecule has 0 radical (unpaired) electrons. The number of Topliss-reactive ketones (excluding diaryl/α,β-unsaturated/α-hetero) is 1. The van der Waals surface area contributed by atoms with Crippen LogP contribution < -0.4 is 4.74 Å². The van der Waals surface area contributed by atoms with Gasteiger partial charge in [-0.05, 0) is 36.5 Å². The number of carbonyl (C=O) groups excluding carboxylic acids is 1. The Morgan fingerprint density at radius 3 is 2.78 bits per heavy atom. The average Bonchev–Trinajstić information content (AvgIpc) is 2.76. The Kier molecular flexibility index (Phi) is 3.11. The summed E-state index contributed by atoms with van der Waals surface area (Å²) in [7, 11) is 0. The van der Waals surface area contributed by atoms with E-state index < -0.39 is 0 Å². The molecule has 96 valence electrons. The van der Waals surface area contributed by atoms with E-state index in [1.54, 1.807) is 0 Å². The first-order valence-corrected chi connectivity index (χ1v) is 7.04. The van der Waals surface area contributed by atoms with Gasteiger partial charge in [0.05, 0.1) is 5.56 Å². The molecule has 1 aliphatic carbocycles. The SMILES string of the molecule is Cc1ccc2c(c1CC1CCCCC1)OCC2=O. The third-order valence-electron chi connectivity index (χ3n) is 4.36. The summed E-state index contributed by atoms with van der Waals surface area (Å²) in [6.07, 6.45) is 7.85. The van der Waals surface area contributed by atoms with Crippen LogP contribution in [0.15, 0.2) is 12.1 Å². The molecule has 2 aliphatic rings. The van der Waals surface area contributed by atoms with Crippen molar-refractivity contribution in [2.75, 3.05) is 6.61 Å². The van der Waals surface area contributed by atoms with Crippen LogP contribution in [0.5, 0.6) is 5.75 Å². The molecule has 0 aromatic heterocycles. The number of carbonyl (C=O) groups is 1. The maximum Gasteiger partial charge on any atom is 0.203 e. The molecule has 0 amide bonds. The van der Waals surface area contributed by atoms with Crippen molar-refractivity contribution in [2.45, 2.75) is 45.4 Å². The lowest BCUT2D eigenvalue weighted by Crippen LogP contribution is -2.10. The zero-order chi connectivity index (χ0) is 12.5. The second-order valence-electron chi connectivity index (χ2n) is 5.66. The van der Waals surface area contributed by atoms with E-state index in [0.717, 1.165) is 23.7 Å². The molecule has 0 N–H and O–H groups in total. The van der Waals surface area contributed by atoms with Crippen LogP contribution in [0.4, 0.5) is 0 Å². The largest absolute Gasteiger partial charge is 0.484 e. The van der Waals surface area contributed by atoms with Crippen molar-refractivity contribution in [1.29, 1.82) is 0 Å². The fourth-order valence-electron chi connectivity index (χ4n) is 3.26. The standard InChI is InChI=1S/C16H20O2/c1-11-7-8-13-15(17)10-18-16(13)14(11)9-12-5-3-2-4-6-12/h7-8,12H,2-6,9-10H2,1H3. The highest BCUT2D eigenvalue weighted by Crippen LogP contribution is 2.36. The van der Waals surface area contributed by atoms with E-state index in [1.165, 1.54) is 43.2 Å². The molecule has 1 aromatic rings. The number of hydrogen-bond donors (Lipinski definition) is 0. The van der Waals surface area contributed by atoms with Crippen LogP contribution in [0.2, 0.25) is 0 Å². The lowest BCUT2D eigenvalue weighted by molar-refractivity contribution is 0.0961. The van der Waals surface area contributed by atoms with Gasteiger partial charge in [-0.15, -0.1) is 0 Å². The van der Waals surface area contributed by atoms with Gasteiger partial charge in [0.15, 0.2) is 6.61 Å². The third kappa shape index (κ3) is 2.05. The van der Waals surface area contributed by atoms with Gasteiger partial charge in [0.2, 0.25) is 5.78 Å². The molecule has 1 aromatic carbocycles. The predicted molar refractivity (Wildman–Crippen MR) is 71.3 cm³/mol. The Hall–Kier alpha value is -1.31. The molecule has 0 spiro atoms. The monoisotopic (exact) mass is 244 g/mol. The van der Waals surface area contributed by atoms with Gasteiger partial charge in [0.25, 0.3) is 0 Å². The smallest absolute Gasteiger partial charge is 0.203 e. The highest BCUT2D eigenvalue weighted by atomic mass is 16.5. The van der Waals surface area contributed by atoms with Gasteiger partial charge in [0, 0.05) is 0 Å². The van der Waals surface area contributed by atoms with E-state index in [0.29, 0.717) is 0 Å². The molecular formula is C16H20O2. The van der Waals surface area contributed by atoms with Gasteiger partial charge < -0.3 is 4.74 Å². The molecular weight excluding hydrogens is 224 g/mol. The van der Waals surface area contributed by atoms with Crippen molar-refractivity contribution < 1.29 is 9.53 Å². The van der Waals surface area contributed by atoms with Crippen molar-refractivity contribution in [3.8, 4) is 5.75 Å². The summed E-state index contributed by atoms with van der Waals surface area (Å²) in [6.45, 7) is 2.36. The van der Waals surface area contributed by atoms with E-state index in [1.807, 2.05) is 6.07 Å². The number of fused-ring (bicyclic) bond motifs is 1. The number of ketones is 1. The molecule has 1 saturated carbocycles. The van der Waals surface area contributed by atoms with E-state index in [2.05, 4.69) is 13.0 Å². The summed E-state index contributed by atoms with van der Waals surface area (Å²) in [5, 5.41) is 0. The van der Waals surface area contributed by atoms with Crippen LogP contribution in [-0.4, -0.2) is 12.4 Å². The predicted octanol–water partition coefficient (Wildman–Crippen LogP) is 3.69. The number of rotatable bonds is 2. The quantitative estimate of drug-likeness (QED) is 0.793. The van der Waals surface area contributed by atoms with Gasteiger partial charge >= 0.3 is 0 Å².